The fourth-order valence-electron chi connectivity index (χ4n) is 1.86. The molecule has 2 N–H and O–H groups in total. The Bertz CT molecular complexity index is 266. The molecule has 1 heterocycles. The number of aliphatic hydroxyl groups is 1. The normalized spacial score (nSPS) is 20.0. The molecule has 0 aliphatic carbocycles. The largest absolute Gasteiger partial charge is 0.396 e. The number of carbonyl (C=O) groups excluding carboxylic acids is 2. The van der Waals surface area contributed by atoms with E-state index in [2.05, 4.69) is 5.32 Å². The molecule has 0 saturated carbocycles. The Morgan fingerprint density at radius 3 is 2.75 bits per heavy atom. The van der Waals surface area contributed by atoms with E-state index in [4.69, 9.17) is 5.11 Å². The lowest BCUT2D eigenvalue weighted by Crippen LogP contribution is -2.47. The SMILES string of the molecule is CC(C)N(CCCO)C(=O)[C@@H]1CCC(=O)N1. The van der Waals surface area contributed by atoms with Gasteiger partial charge in [-0.25, -0.2) is 0 Å². The zero-order valence-electron chi connectivity index (χ0n) is 9.90. The molecular formula is C11H20N2O3. The Balaban J connectivity index is 2.56. The van der Waals surface area contributed by atoms with E-state index in [0.29, 0.717) is 25.8 Å². The summed E-state index contributed by atoms with van der Waals surface area (Å²) < 4.78 is 0. The predicted molar refractivity (Wildman–Crippen MR) is 59.7 cm³/mol. The zero-order chi connectivity index (χ0) is 12.1. The molecular weight excluding hydrogens is 208 g/mol. The van der Waals surface area contributed by atoms with E-state index in [-0.39, 0.29) is 30.5 Å². The molecule has 1 aliphatic heterocycles. The second kappa shape index (κ2) is 5.84. The van der Waals surface area contributed by atoms with Gasteiger partial charge in [0.25, 0.3) is 0 Å². The highest BCUT2D eigenvalue weighted by atomic mass is 16.3. The number of nitrogens with one attached hydrogen (secondary N) is 1. The lowest BCUT2D eigenvalue weighted by molar-refractivity contribution is -0.136. The van der Waals surface area contributed by atoms with Crippen LogP contribution in [-0.4, -0.2) is 47.1 Å². The van der Waals surface area contributed by atoms with Crippen LogP contribution in [0.1, 0.15) is 33.1 Å². The third-order valence-corrected chi connectivity index (χ3v) is 2.76. The number of hydrogen-bond acceptors (Lipinski definition) is 3. The Hall–Kier alpha value is -1.10. The minimum atomic E-state index is -0.367. The first-order valence-electron chi connectivity index (χ1n) is 5.77. The van der Waals surface area contributed by atoms with Crippen LogP contribution in [0, 0.1) is 0 Å². The van der Waals surface area contributed by atoms with E-state index in [0.717, 1.165) is 0 Å². The highest BCUT2D eigenvalue weighted by molar-refractivity contribution is 5.90. The van der Waals surface area contributed by atoms with Crippen molar-refractivity contribution in [2.24, 2.45) is 0 Å². The summed E-state index contributed by atoms with van der Waals surface area (Å²) in [5.74, 6) is -0.0847. The first-order valence-corrected chi connectivity index (χ1v) is 5.77. The second-order valence-electron chi connectivity index (χ2n) is 4.36. The van der Waals surface area contributed by atoms with E-state index >= 15 is 0 Å². The molecule has 0 aromatic heterocycles. The summed E-state index contributed by atoms with van der Waals surface area (Å²) in [6.07, 6.45) is 1.59. The van der Waals surface area contributed by atoms with Crippen molar-refractivity contribution in [3.63, 3.8) is 0 Å². The van der Waals surface area contributed by atoms with Gasteiger partial charge < -0.3 is 15.3 Å². The van der Waals surface area contributed by atoms with E-state index in [1.54, 1.807) is 4.90 Å². The van der Waals surface area contributed by atoms with Crippen LogP contribution in [0.5, 0.6) is 0 Å². The van der Waals surface area contributed by atoms with Gasteiger partial charge in [-0.3, -0.25) is 9.59 Å². The summed E-state index contributed by atoms with van der Waals surface area (Å²) in [5.41, 5.74) is 0. The topological polar surface area (TPSA) is 69.6 Å². The van der Waals surface area contributed by atoms with Crippen molar-refractivity contribution < 1.29 is 14.7 Å². The summed E-state index contributed by atoms with van der Waals surface area (Å²) in [5, 5.41) is 11.5. The van der Waals surface area contributed by atoms with E-state index in [1.807, 2.05) is 13.8 Å². The Labute approximate surface area is 95.8 Å². The van der Waals surface area contributed by atoms with Crippen molar-refractivity contribution in [2.75, 3.05) is 13.2 Å². The maximum absolute atomic E-state index is 12.1. The molecule has 5 heteroatoms. The van der Waals surface area contributed by atoms with Gasteiger partial charge in [0.1, 0.15) is 6.04 Å². The van der Waals surface area contributed by atoms with Gasteiger partial charge in [-0.2, -0.15) is 0 Å². The van der Waals surface area contributed by atoms with Crippen molar-refractivity contribution in [2.45, 2.75) is 45.2 Å². The van der Waals surface area contributed by atoms with Gasteiger partial charge in [-0.15, -0.1) is 0 Å². The van der Waals surface area contributed by atoms with Crippen LogP contribution in [0.2, 0.25) is 0 Å². The first-order chi connectivity index (χ1) is 7.56. The quantitative estimate of drug-likeness (QED) is 0.689. The van der Waals surface area contributed by atoms with Crippen molar-refractivity contribution in [3.8, 4) is 0 Å². The molecule has 1 saturated heterocycles. The summed E-state index contributed by atoms with van der Waals surface area (Å²) in [4.78, 5) is 24.8. The van der Waals surface area contributed by atoms with Crippen LogP contribution < -0.4 is 5.32 Å². The predicted octanol–water partition coefficient (Wildman–Crippen LogP) is -0.116. The third kappa shape index (κ3) is 3.20. The zero-order valence-corrected chi connectivity index (χ0v) is 9.90. The van der Waals surface area contributed by atoms with E-state index in [1.165, 1.54) is 0 Å². The Morgan fingerprint density at radius 2 is 2.31 bits per heavy atom. The average molecular weight is 228 g/mol. The second-order valence-corrected chi connectivity index (χ2v) is 4.36. The monoisotopic (exact) mass is 228 g/mol. The van der Waals surface area contributed by atoms with Crippen LogP contribution in [0.4, 0.5) is 0 Å². The molecule has 5 nitrogen and oxygen atoms in total. The maximum Gasteiger partial charge on any atom is 0.245 e. The molecule has 92 valence electrons. The van der Waals surface area contributed by atoms with Crippen LogP contribution in [-0.2, 0) is 9.59 Å². The summed E-state index contributed by atoms with van der Waals surface area (Å²) >= 11 is 0. The number of hydrogen-bond donors (Lipinski definition) is 2. The van der Waals surface area contributed by atoms with Gasteiger partial charge in [0, 0.05) is 25.6 Å². The Morgan fingerprint density at radius 1 is 1.62 bits per heavy atom. The van der Waals surface area contributed by atoms with Gasteiger partial charge >= 0.3 is 0 Å². The minimum absolute atomic E-state index is 0.0331. The average Bonchev–Trinajstić information content (AvgIpc) is 2.64. The summed E-state index contributed by atoms with van der Waals surface area (Å²) in [6, 6.07) is -0.273. The highest BCUT2D eigenvalue weighted by Gasteiger charge is 2.31. The summed E-state index contributed by atoms with van der Waals surface area (Å²) in [7, 11) is 0. The first kappa shape index (κ1) is 13.0. The number of nitrogens with zero attached hydrogens (tertiary/aromatic N) is 1. The van der Waals surface area contributed by atoms with Crippen molar-refractivity contribution in [1.29, 1.82) is 0 Å². The van der Waals surface area contributed by atoms with Gasteiger partial charge in [-0.1, -0.05) is 0 Å². The fourth-order valence-corrected chi connectivity index (χ4v) is 1.86. The molecule has 2 amide bonds. The molecule has 1 atom stereocenters. The van der Waals surface area contributed by atoms with Gasteiger partial charge in [0.15, 0.2) is 0 Å². The standard InChI is InChI=1S/C11H20N2O3/c1-8(2)13(6-3-7-14)11(16)9-4-5-10(15)12-9/h8-9,14H,3-7H2,1-2H3,(H,12,15)/t9-/m0/s1. The Kier molecular flexibility index (Phi) is 4.73. The number of carbonyl (C=O) groups is 2. The van der Waals surface area contributed by atoms with E-state index in [9.17, 15) is 9.59 Å². The molecule has 0 aromatic carbocycles. The van der Waals surface area contributed by atoms with Crippen molar-refractivity contribution in [3.05, 3.63) is 0 Å². The van der Waals surface area contributed by atoms with Gasteiger partial charge in [-0.05, 0) is 26.7 Å². The molecule has 1 aliphatic rings. The molecule has 0 bridgehead atoms. The highest BCUT2D eigenvalue weighted by Crippen LogP contribution is 2.12. The van der Waals surface area contributed by atoms with Crippen molar-refractivity contribution >= 4 is 11.8 Å². The maximum atomic E-state index is 12.1. The lowest BCUT2D eigenvalue weighted by Gasteiger charge is -2.29. The smallest absolute Gasteiger partial charge is 0.245 e. The van der Waals surface area contributed by atoms with Crippen LogP contribution in [0.3, 0.4) is 0 Å². The molecule has 1 rings (SSSR count). The van der Waals surface area contributed by atoms with Crippen LogP contribution in [0.15, 0.2) is 0 Å². The lowest BCUT2D eigenvalue weighted by atomic mass is 10.1. The number of aliphatic hydroxyl groups excluding tert-OH is 1. The molecule has 0 spiro atoms. The molecule has 0 radical (unpaired) electrons. The van der Waals surface area contributed by atoms with Gasteiger partial charge in [0.05, 0.1) is 0 Å². The summed E-state index contributed by atoms with van der Waals surface area (Å²) in [6.45, 7) is 4.49. The number of rotatable bonds is 5. The van der Waals surface area contributed by atoms with Crippen molar-refractivity contribution in [1.82, 2.24) is 10.2 Å². The van der Waals surface area contributed by atoms with Crippen LogP contribution in [0.25, 0.3) is 0 Å². The molecule has 16 heavy (non-hydrogen) atoms. The van der Waals surface area contributed by atoms with E-state index < -0.39 is 0 Å². The number of amides is 2. The molecule has 0 aromatic rings. The fraction of sp³-hybridized carbons (Fsp3) is 0.818. The minimum Gasteiger partial charge on any atom is -0.396 e. The van der Waals surface area contributed by atoms with Crippen LogP contribution >= 0.6 is 0 Å². The molecule has 0 unspecified atom stereocenters. The van der Waals surface area contributed by atoms with Gasteiger partial charge in [0.2, 0.25) is 11.8 Å². The molecule has 1 fully saturated rings. The third-order valence-electron chi connectivity index (χ3n) is 2.76.